The van der Waals surface area contributed by atoms with Gasteiger partial charge in [-0.1, -0.05) is 0 Å². The van der Waals surface area contributed by atoms with E-state index in [9.17, 15) is 4.79 Å². The number of rotatable bonds is 6. The van der Waals surface area contributed by atoms with Gasteiger partial charge in [0.1, 0.15) is 5.82 Å². The van der Waals surface area contributed by atoms with Crippen LogP contribution in [0.1, 0.15) is 25.4 Å². The largest absolute Gasteiger partial charge is 0.334 e. The van der Waals surface area contributed by atoms with Crippen LogP contribution in [0.15, 0.2) is 17.8 Å². The quantitative estimate of drug-likeness (QED) is 0.860. The van der Waals surface area contributed by atoms with E-state index in [1.165, 1.54) is 18.3 Å². The smallest absolute Gasteiger partial charge is 0.223 e. The van der Waals surface area contributed by atoms with Crippen molar-refractivity contribution in [3.05, 3.63) is 29.3 Å². The fourth-order valence-corrected chi connectivity index (χ4v) is 3.65. The number of piperazine rings is 1. The molecule has 0 unspecified atom stereocenters. The molecule has 2 aromatic heterocycles. The number of anilines is 1. The molecular formula is C16H24N6OS. The zero-order valence-electron chi connectivity index (χ0n) is 14.2. The van der Waals surface area contributed by atoms with Crippen LogP contribution in [0.3, 0.4) is 0 Å². The summed E-state index contributed by atoms with van der Waals surface area (Å²) in [5, 5.41) is 5.44. The number of nitrogens with zero attached hydrogens (tertiary/aromatic N) is 5. The topological polar surface area (TPSA) is 66.3 Å². The lowest BCUT2D eigenvalue weighted by molar-refractivity contribution is -0.114. The summed E-state index contributed by atoms with van der Waals surface area (Å²) in [6.07, 6.45) is 3.92. The van der Waals surface area contributed by atoms with E-state index in [0.29, 0.717) is 5.13 Å². The second-order valence-corrected chi connectivity index (χ2v) is 6.87. The number of aryl methyl sites for hydroxylation is 1. The first-order chi connectivity index (χ1) is 11.6. The average Bonchev–Trinajstić information content (AvgIpc) is 3.18. The molecule has 8 heteroatoms. The summed E-state index contributed by atoms with van der Waals surface area (Å²) >= 11 is 1.48. The predicted molar refractivity (Wildman–Crippen MR) is 94.9 cm³/mol. The van der Waals surface area contributed by atoms with Crippen molar-refractivity contribution in [3.8, 4) is 0 Å². The van der Waals surface area contributed by atoms with Crippen LogP contribution in [0.25, 0.3) is 0 Å². The van der Waals surface area contributed by atoms with E-state index in [1.807, 2.05) is 17.8 Å². The molecule has 0 bridgehead atoms. The SMILES string of the molecule is CCn1ccnc1CN1CCN(Cc2csc(NC(C)=O)n2)CC1. The predicted octanol–water partition coefficient (Wildman–Crippen LogP) is 1.64. The third-order valence-electron chi connectivity index (χ3n) is 4.19. The number of hydrogen-bond donors (Lipinski definition) is 1. The zero-order valence-corrected chi connectivity index (χ0v) is 15.1. The van der Waals surface area contributed by atoms with Crippen molar-refractivity contribution >= 4 is 22.4 Å². The molecule has 2 aromatic rings. The number of carbonyl (C=O) groups is 1. The third-order valence-corrected chi connectivity index (χ3v) is 5.00. The lowest BCUT2D eigenvalue weighted by atomic mass is 10.3. The van der Waals surface area contributed by atoms with E-state index in [1.54, 1.807) is 0 Å². The van der Waals surface area contributed by atoms with Crippen LogP contribution in [-0.4, -0.2) is 56.4 Å². The van der Waals surface area contributed by atoms with Crippen LogP contribution in [-0.2, 0) is 24.4 Å². The molecule has 0 saturated carbocycles. The molecule has 1 aliphatic heterocycles. The average molecular weight is 348 g/mol. The number of imidazole rings is 1. The maximum Gasteiger partial charge on any atom is 0.223 e. The molecular weight excluding hydrogens is 324 g/mol. The Morgan fingerprint density at radius 1 is 1.25 bits per heavy atom. The first-order valence-electron chi connectivity index (χ1n) is 8.30. The van der Waals surface area contributed by atoms with Gasteiger partial charge in [-0.2, -0.15) is 0 Å². The molecule has 0 aliphatic carbocycles. The minimum atomic E-state index is -0.0741. The van der Waals surface area contributed by atoms with Crippen LogP contribution in [0.2, 0.25) is 0 Å². The first kappa shape index (κ1) is 17.1. The Hall–Kier alpha value is -1.77. The number of carbonyl (C=O) groups excluding carboxylic acids is 1. The summed E-state index contributed by atoms with van der Waals surface area (Å²) in [6, 6.07) is 0. The molecule has 130 valence electrons. The molecule has 0 aromatic carbocycles. The Bertz CT molecular complexity index is 674. The third kappa shape index (κ3) is 4.40. The fourth-order valence-electron chi connectivity index (χ4n) is 2.90. The van der Waals surface area contributed by atoms with Crippen molar-refractivity contribution in [2.75, 3.05) is 31.5 Å². The summed E-state index contributed by atoms with van der Waals surface area (Å²) in [4.78, 5) is 24.8. The molecule has 0 spiro atoms. The monoisotopic (exact) mass is 348 g/mol. The van der Waals surface area contributed by atoms with Crippen molar-refractivity contribution in [1.29, 1.82) is 0 Å². The van der Waals surface area contributed by atoms with Gasteiger partial charge in [-0.25, -0.2) is 9.97 Å². The van der Waals surface area contributed by atoms with Crippen molar-refractivity contribution < 1.29 is 4.79 Å². The van der Waals surface area contributed by atoms with Crippen LogP contribution in [0.4, 0.5) is 5.13 Å². The molecule has 1 saturated heterocycles. The van der Waals surface area contributed by atoms with Gasteiger partial charge in [0.15, 0.2) is 5.13 Å². The molecule has 3 heterocycles. The lowest BCUT2D eigenvalue weighted by Crippen LogP contribution is -2.45. The molecule has 0 radical (unpaired) electrons. The van der Waals surface area contributed by atoms with E-state index in [2.05, 4.69) is 36.6 Å². The molecule has 1 fully saturated rings. The summed E-state index contributed by atoms with van der Waals surface area (Å²) in [6.45, 7) is 10.5. The maximum absolute atomic E-state index is 11.1. The van der Waals surface area contributed by atoms with Crippen molar-refractivity contribution in [3.63, 3.8) is 0 Å². The highest BCUT2D eigenvalue weighted by atomic mass is 32.1. The number of aromatic nitrogens is 3. The molecule has 1 N–H and O–H groups in total. The minimum Gasteiger partial charge on any atom is -0.334 e. The Kier molecular flexibility index (Phi) is 5.60. The fraction of sp³-hybridized carbons (Fsp3) is 0.562. The van der Waals surface area contributed by atoms with Crippen molar-refractivity contribution in [2.45, 2.75) is 33.5 Å². The Balaban J connectivity index is 1.46. The molecule has 7 nitrogen and oxygen atoms in total. The van der Waals surface area contributed by atoms with Gasteiger partial charge in [-0.05, 0) is 6.92 Å². The van der Waals surface area contributed by atoms with Gasteiger partial charge in [0.2, 0.25) is 5.91 Å². The number of amides is 1. The van der Waals surface area contributed by atoms with Crippen molar-refractivity contribution in [1.82, 2.24) is 24.3 Å². The second-order valence-electron chi connectivity index (χ2n) is 6.01. The Morgan fingerprint density at radius 2 is 1.96 bits per heavy atom. The van der Waals surface area contributed by atoms with E-state index in [0.717, 1.165) is 57.3 Å². The van der Waals surface area contributed by atoms with Crippen LogP contribution >= 0.6 is 11.3 Å². The van der Waals surface area contributed by atoms with Crippen LogP contribution in [0.5, 0.6) is 0 Å². The van der Waals surface area contributed by atoms with E-state index in [-0.39, 0.29) is 5.91 Å². The Labute approximate surface area is 146 Å². The zero-order chi connectivity index (χ0) is 16.9. The van der Waals surface area contributed by atoms with E-state index >= 15 is 0 Å². The standard InChI is InChI=1S/C16H24N6OS/c1-3-22-5-4-17-15(22)11-21-8-6-20(7-9-21)10-14-12-24-16(19-14)18-13(2)23/h4-5,12H,3,6-11H2,1-2H3,(H,18,19,23). The summed E-state index contributed by atoms with van der Waals surface area (Å²) in [7, 11) is 0. The summed E-state index contributed by atoms with van der Waals surface area (Å²) in [5.74, 6) is 1.07. The van der Waals surface area contributed by atoms with E-state index < -0.39 is 0 Å². The maximum atomic E-state index is 11.1. The first-order valence-corrected chi connectivity index (χ1v) is 9.18. The highest BCUT2D eigenvalue weighted by Gasteiger charge is 2.19. The van der Waals surface area contributed by atoms with Crippen LogP contribution < -0.4 is 5.32 Å². The Morgan fingerprint density at radius 3 is 2.62 bits per heavy atom. The van der Waals surface area contributed by atoms with Gasteiger partial charge >= 0.3 is 0 Å². The summed E-state index contributed by atoms with van der Waals surface area (Å²) < 4.78 is 2.20. The normalized spacial score (nSPS) is 16.4. The minimum absolute atomic E-state index is 0.0741. The van der Waals surface area contributed by atoms with Gasteiger partial charge in [-0.3, -0.25) is 14.6 Å². The molecule has 0 atom stereocenters. The number of thiazole rings is 1. The summed E-state index contributed by atoms with van der Waals surface area (Å²) in [5.41, 5.74) is 1.03. The van der Waals surface area contributed by atoms with Gasteiger partial charge in [0.25, 0.3) is 0 Å². The second kappa shape index (κ2) is 7.87. The van der Waals surface area contributed by atoms with Gasteiger partial charge < -0.3 is 9.88 Å². The lowest BCUT2D eigenvalue weighted by Gasteiger charge is -2.34. The number of nitrogens with one attached hydrogen (secondary N) is 1. The molecule has 1 amide bonds. The van der Waals surface area contributed by atoms with Gasteiger partial charge in [0.05, 0.1) is 12.2 Å². The van der Waals surface area contributed by atoms with Gasteiger partial charge in [-0.15, -0.1) is 11.3 Å². The van der Waals surface area contributed by atoms with Gasteiger partial charge in [0, 0.05) is 64.0 Å². The number of hydrogen-bond acceptors (Lipinski definition) is 6. The molecule has 3 rings (SSSR count). The highest BCUT2D eigenvalue weighted by molar-refractivity contribution is 7.13. The van der Waals surface area contributed by atoms with Crippen LogP contribution in [0, 0.1) is 0 Å². The molecule has 24 heavy (non-hydrogen) atoms. The molecule has 1 aliphatic rings. The van der Waals surface area contributed by atoms with E-state index in [4.69, 9.17) is 0 Å². The highest BCUT2D eigenvalue weighted by Crippen LogP contribution is 2.17. The van der Waals surface area contributed by atoms with Crippen molar-refractivity contribution in [2.24, 2.45) is 0 Å².